The molecule has 1 rings (SSSR count). The fraction of sp³-hybridized carbons (Fsp3) is 0.333. The van der Waals surface area contributed by atoms with Gasteiger partial charge in [-0.2, -0.15) is 18.7 Å². The molecule has 0 fully saturated rings. The average Bonchev–Trinajstić information content (AvgIpc) is 2.17. The van der Waals surface area contributed by atoms with Crippen molar-refractivity contribution in [3.05, 3.63) is 34.1 Å². The van der Waals surface area contributed by atoms with E-state index in [0.717, 1.165) is 0 Å². The minimum atomic E-state index is -4.38. The van der Waals surface area contributed by atoms with Crippen LogP contribution in [0.3, 0.4) is 0 Å². The summed E-state index contributed by atoms with van der Waals surface area (Å²) < 4.78 is 48.3. The molecule has 2 nitrogen and oxygen atoms in total. The normalized spacial score (nSPS) is 11.8. The van der Waals surface area contributed by atoms with E-state index in [1.165, 1.54) is 12.1 Å². The second kappa shape index (κ2) is 5.60. The number of nitrogens with one attached hydrogen (secondary N) is 1. The van der Waals surface area contributed by atoms with E-state index in [2.05, 4.69) is 26.2 Å². The highest BCUT2D eigenvalue weighted by atomic mass is 79.9. The summed E-state index contributed by atoms with van der Waals surface area (Å²) >= 11 is 2.98. The molecule has 1 aromatic rings. The minimum absolute atomic E-state index is 0.0194. The third kappa shape index (κ3) is 4.46. The second-order valence-corrected chi connectivity index (χ2v) is 3.73. The molecule has 16 heavy (non-hydrogen) atoms. The summed E-state index contributed by atoms with van der Waals surface area (Å²) in [4.78, 5) is 4.18. The first kappa shape index (κ1) is 13.4. The quantitative estimate of drug-likeness (QED) is 0.524. The van der Waals surface area contributed by atoms with Gasteiger partial charge in [-0.1, -0.05) is 12.1 Å². The van der Waals surface area contributed by atoms with Gasteiger partial charge in [0.15, 0.2) is 6.61 Å². The number of rotatable bonds is 4. The molecule has 0 saturated carbocycles. The van der Waals surface area contributed by atoms with Crippen LogP contribution >= 0.6 is 15.9 Å². The Morgan fingerprint density at radius 2 is 2.00 bits per heavy atom. The maximum absolute atomic E-state index is 13.0. The fourth-order valence-electron chi connectivity index (χ4n) is 0.947. The molecule has 0 unspecified atom stereocenters. The standard InChI is InChI=1S/C9H8BrF4NO/c10-8-6(2-1-3-7(8)11)4-15-16-5-9(12,13)14/h1-3,15H,4-5H2. The van der Waals surface area contributed by atoms with E-state index in [-0.39, 0.29) is 11.0 Å². The van der Waals surface area contributed by atoms with Gasteiger partial charge in [-0.25, -0.2) is 4.39 Å². The van der Waals surface area contributed by atoms with Crippen molar-refractivity contribution in [2.75, 3.05) is 6.61 Å². The lowest BCUT2D eigenvalue weighted by Gasteiger charge is -2.09. The van der Waals surface area contributed by atoms with Crippen molar-refractivity contribution in [3.63, 3.8) is 0 Å². The maximum Gasteiger partial charge on any atom is 0.413 e. The monoisotopic (exact) mass is 301 g/mol. The van der Waals surface area contributed by atoms with Gasteiger partial charge in [0.1, 0.15) is 5.82 Å². The van der Waals surface area contributed by atoms with Crippen LogP contribution in [-0.4, -0.2) is 12.8 Å². The van der Waals surface area contributed by atoms with Gasteiger partial charge in [-0.3, -0.25) is 4.84 Å². The summed E-state index contributed by atoms with van der Waals surface area (Å²) in [5, 5.41) is 0. The zero-order chi connectivity index (χ0) is 12.2. The molecule has 0 amide bonds. The van der Waals surface area contributed by atoms with Gasteiger partial charge < -0.3 is 0 Å². The van der Waals surface area contributed by atoms with Gasteiger partial charge in [-0.15, -0.1) is 0 Å². The van der Waals surface area contributed by atoms with E-state index in [1.54, 1.807) is 6.07 Å². The number of hydrogen-bond donors (Lipinski definition) is 1. The molecule has 0 aromatic heterocycles. The molecule has 0 aliphatic heterocycles. The van der Waals surface area contributed by atoms with Gasteiger partial charge in [0.25, 0.3) is 0 Å². The highest BCUT2D eigenvalue weighted by molar-refractivity contribution is 9.10. The average molecular weight is 302 g/mol. The Morgan fingerprint density at radius 1 is 1.31 bits per heavy atom. The van der Waals surface area contributed by atoms with E-state index in [1.807, 2.05) is 0 Å². The highest BCUT2D eigenvalue weighted by Crippen LogP contribution is 2.20. The van der Waals surface area contributed by atoms with E-state index < -0.39 is 18.6 Å². The Morgan fingerprint density at radius 3 is 2.62 bits per heavy atom. The fourth-order valence-corrected chi connectivity index (χ4v) is 1.35. The van der Waals surface area contributed by atoms with E-state index in [0.29, 0.717) is 5.56 Å². The Kier molecular flexibility index (Phi) is 4.69. The molecule has 0 spiro atoms. The maximum atomic E-state index is 13.0. The molecule has 0 aliphatic carbocycles. The highest BCUT2D eigenvalue weighted by Gasteiger charge is 2.27. The van der Waals surface area contributed by atoms with Crippen LogP contribution in [0.1, 0.15) is 5.56 Å². The van der Waals surface area contributed by atoms with Gasteiger partial charge in [0.2, 0.25) is 0 Å². The van der Waals surface area contributed by atoms with Crippen LogP contribution < -0.4 is 5.48 Å². The Labute approximate surface area is 97.7 Å². The second-order valence-electron chi connectivity index (χ2n) is 2.94. The minimum Gasteiger partial charge on any atom is -0.292 e. The molecule has 0 aliphatic rings. The number of halogens is 5. The molecule has 0 atom stereocenters. The molecule has 0 radical (unpaired) electrons. The number of benzene rings is 1. The summed E-state index contributed by atoms with van der Waals surface area (Å²) in [6.45, 7) is -1.41. The predicted octanol–water partition coefficient (Wildman–Crippen LogP) is 3.17. The van der Waals surface area contributed by atoms with Crippen LogP contribution in [0.5, 0.6) is 0 Å². The van der Waals surface area contributed by atoms with E-state index >= 15 is 0 Å². The number of hydrogen-bond acceptors (Lipinski definition) is 2. The molecule has 90 valence electrons. The first-order valence-corrected chi connectivity index (χ1v) is 5.04. The third-order valence-corrected chi connectivity index (χ3v) is 2.52. The van der Waals surface area contributed by atoms with Crippen LogP contribution in [0.25, 0.3) is 0 Å². The van der Waals surface area contributed by atoms with E-state index in [4.69, 9.17) is 0 Å². The van der Waals surface area contributed by atoms with Crippen LogP contribution in [0.2, 0.25) is 0 Å². The third-order valence-electron chi connectivity index (χ3n) is 1.63. The van der Waals surface area contributed by atoms with Crippen molar-refractivity contribution in [1.82, 2.24) is 5.48 Å². The lowest BCUT2D eigenvalue weighted by atomic mass is 10.2. The van der Waals surface area contributed by atoms with Crippen LogP contribution in [0.15, 0.2) is 22.7 Å². The summed E-state index contributed by atoms with van der Waals surface area (Å²) in [6.07, 6.45) is -4.38. The van der Waals surface area contributed by atoms with Gasteiger partial charge in [0.05, 0.1) is 4.47 Å². The van der Waals surface area contributed by atoms with Crippen LogP contribution in [0.4, 0.5) is 17.6 Å². The Balaban J connectivity index is 2.41. The predicted molar refractivity (Wildman–Crippen MR) is 52.9 cm³/mol. The Bertz CT molecular complexity index is 356. The smallest absolute Gasteiger partial charge is 0.292 e. The zero-order valence-corrected chi connectivity index (χ0v) is 9.53. The lowest BCUT2D eigenvalue weighted by Crippen LogP contribution is -2.24. The topological polar surface area (TPSA) is 21.3 Å². The van der Waals surface area contributed by atoms with Crippen LogP contribution in [-0.2, 0) is 11.4 Å². The summed E-state index contributed by atoms with van der Waals surface area (Å²) in [6, 6.07) is 4.27. The zero-order valence-electron chi connectivity index (χ0n) is 7.94. The van der Waals surface area contributed by atoms with Crippen molar-refractivity contribution < 1.29 is 22.4 Å². The Hall–Kier alpha value is -0.660. The SMILES string of the molecule is Fc1cccc(CNOCC(F)(F)F)c1Br. The van der Waals surface area contributed by atoms with Crippen molar-refractivity contribution in [2.45, 2.75) is 12.7 Å². The molecular formula is C9H8BrF4NO. The van der Waals surface area contributed by atoms with Crippen LogP contribution in [0, 0.1) is 5.82 Å². The van der Waals surface area contributed by atoms with Crippen molar-refractivity contribution in [3.8, 4) is 0 Å². The lowest BCUT2D eigenvalue weighted by molar-refractivity contribution is -0.190. The molecule has 1 N–H and O–H groups in total. The van der Waals surface area contributed by atoms with E-state index in [9.17, 15) is 17.6 Å². The summed E-state index contributed by atoms with van der Waals surface area (Å²) in [7, 11) is 0. The molecule has 0 bridgehead atoms. The molecule has 1 aromatic carbocycles. The van der Waals surface area contributed by atoms with Crippen molar-refractivity contribution >= 4 is 15.9 Å². The molecule has 0 saturated heterocycles. The largest absolute Gasteiger partial charge is 0.413 e. The molecule has 0 heterocycles. The molecular weight excluding hydrogens is 294 g/mol. The van der Waals surface area contributed by atoms with Gasteiger partial charge >= 0.3 is 6.18 Å². The first-order valence-electron chi connectivity index (χ1n) is 4.24. The summed E-state index contributed by atoms with van der Waals surface area (Å²) in [5.41, 5.74) is 2.58. The molecule has 7 heteroatoms. The number of alkyl halides is 3. The number of hydroxylamine groups is 1. The van der Waals surface area contributed by atoms with Crippen molar-refractivity contribution in [1.29, 1.82) is 0 Å². The summed E-state index contributed by atoms with van der Waals surface area (Å²) in [5.74, 6) is -0.477. The van der Waals surface area contributed by atoms with Gasteiger partial charge in [0, 0.05) is 6.54 Å². The van der Waals surface area contributed by atoms with Crippen molar-refractivity contribution in [2.24, 2.45) is 0 Å². The first-order chi connectivity index (χ1) is 7.40. The van der Waals surface area contributed by atoms with Gasteiger partial charge in [-0.05, 0) is 27.6 Å².